The molecule has 22 heavy (non-hydrogen) atoms. The Labute approximate surface area is 126 Å². The van der Waals surface area contributed by atoms with Crippen LogP contribution in [0.3, 0.4) is 0 Å². The van der Waals surface area contributed by atoms with Crippen molar-refractivity contribution in [3.8, 4) is 5.75 Å². The van der Waals surface area contributed by atoms with Crippen LogP contribution in [-0.2, 0) is 11.2 Å². The number of carbonyl (C=O) groups is 1. The van der Waals surface area contributed by atoms with Crippen LogP contribution in [0.15, 0.2) is 24.3 Å². The van der Waals surface area contributed by atoms with Gasteiger partial charge in [-0.15, -0.1) is 13.2 Å². The van der Waals surface area contributed by atoms with Crippen LogP contribution in [0.2, 0.25) is 0 Å². The van der Waals surface area contributed by atoms with Gasteiger partial charge >= 0.3 is 6.36 Å². The zero-order valence-corrected chi connectivity index (χ0v) is 11.9. The molecule has 1 aromatic rings. The normalized spacial score (nSPS) is 17.3. The Morgan fingerprint density at radius 2 is 1.82 bits per heavy atom. The zero-order valence-electron chi connectivity index (χ0n) is 11.9. The Morgan fingerprint density at radius 3 is 2.32 bits per heavy atom. The molecule has 7 heteroatoms. The molecule has 0 aromatic heterocycles. The van der Waals surface area contributed by atoms with Gasteiger partial charge in [-0.1, -0.05) is 25.0 Å². The first-order valence-corrected chi connectivity index (χ1v) is 7.08. The van der Waals surface area contributed by atoms with Gasteiger partial charge in [-0.05, 0) is 30.5 Å². The number of alkyl halides is 3. The number of amides is 1. The van der Waals surface area contributed by atoms with Gasteiger partial charge in [-0.3, -0.25) is 4.79 Å². The van der Waals surface area contributed by atoms with E-state index >= 15 is 0 Å². The number of aliphatic hydroxyl groups is 1. The highest BCUT2D eigenvalue weighted by Gasteiger charge is 2.34. The third kappa shape index (κ3) is 4.62. The molecule has 122 valence electrons. The molecule has 0 spiro atoms. The molecular weight excluding hydrogens is 299 g/mol. The number of carbonyl (C=O) groups excluding carboxylic acids is 1. The number of rotatable bonds is 5. The summed E-state index contributed by atoms with van der Waals surface area (Å²) in [6.07, 6.45) is -1.27. The maximum atomic E-state index is 12.1. The standard InChI is InChI=1S/C15H18F3NO3/c16-15(17,18)22-12-5-3-11(4-6-12)9-13(21)19-14(10-20)7-1-2-8-14/h3-6,20H,1-2,7-10H2,(H,19,21). The molecule has 4 nitrogen and oxygen atoms in total. The fourth-order valence-corrected chi connectivity index (χ4v) is 2.71. The summed E-state index contributed by atoms with van der Waals surface area (Å²) in [6, 6.07) is 5.18. The van der Waals surface area contributed by atoms with Crippen LogP contribution in [0.1, 0.15) is 31.2 Å². The summed E-state index contributed by atoms with van der Waals surface area (Å²) in [4.78, 5) is 12.0. The van der Waals surface area contributed by atoms with Gasteiger partial charge in [0, 0.05) is 0 Å². The number of hydrogen-bond donors (Lipinski definition) is 2. The topological polar surface area (TPSA) is 58.6 Å². The molecule has 1 saturated carbocycles. The summed E-state index contributed by atoms with van der Waals surface area (Å²) >= 11 is 0. The number of benzene rings is 1. The lowest BCUT2D eigenvalue weighted by Gasteiger charge is -2.28. The van der Waals surface area contributed by atoms with Crippen LogP contribution in [0.5, 0.6) is 5.75 Å². The number of nitrogens with one attached hydrogen (secondary N) is 1. The SMILES string of the molecule is O=C(Cc1ccc(OC(F)(F)F)cc1)NC1(CO)CCCC1. The maximum Gasteiger partial charge on any atom is 0.573 e. The highest BCUT2D eigenvalue weighted by atomic mass is 19.4. The molecule has 0 bridgehead atoms. The second-order valence-corrected chi connectivity index (χ2v) is 5.56. The zero-order chi connectivity index (χ0) is 16.2. The highest BCUT2D eigenvalue weighted by molar-refractivity contribution is 5.79. The summed E-state index contributed by atoms with van der Waals surface area (Å²) in [5, 5.41) is 12.3. The Bertz CT molecular complexity index is 508. The Hall–Kier alpha value is -1.76. The molecule has 2 N–H and O–H groups in total. The van der Waals surface area contributed by atoms with Crippen molar-refractivity contribution in [3.05, 3.63) is 29.8 Å². The summed E-state index contributed by atoms with van der Waals surface area (Å²) in [6.45, 7) is -0.100. The third-order valence-corrected chi connectivity index (χ3v) is 3.79. The van der Waals surface area contributed by atoms with E-state index in [-0.39, 0.29) is 24.7 Å². The van der Waals surface area contributed by atoms with Gasteiger partial charge in [0.15, 0.2) is 0 Å². The van der Waals surface area contributed by atoms with Gasteiger partial charge in [-0.2, -0.15) is 0 Å². The first kappa shape index (κ1) is 16.6. The molecule has 0 unspecified atom stereocenters. The number of ether oxygens (including phenoxy) is 1. The van der Waals surface area contributed by atoms with Gasteiger partial charge in [-0.25, -0.2) is 0 Å². The van der Waals surface area contributed by atoms with E-state index in [2.05, 4.69) is 10.1 Å². The van der Waals surface area contributed by atoms with E-state index in [0.717, 1.165) is 25.7 Å². The molecule has 1 aromatic carbocycles. The van der Waals surface area contributed by atoms with Gasteiger partial charge in [0.25, 0.3) is 0 Å². The third-order valence-electron chi connectivity index (χ3n) is 3.79. The summed E-state index contributed by atoms with van der Waals surface area (Å²) in [7, 11) is 0. The lowest BCUT2D eigenvalue weighted by atomic mass is 9.98. The molecule has 1 fully saturated rings. The highest BCUT2D eigenvalue weighted by Crippen LogP contribution is 2.29. The van der Waals surface area contributed by atoms with E-state index in [1.54, 1.807) is 0 Å². The summed E-state index contributed by atoms with van der Waals surface area (Å²) in [5.74, 6) is -0.570. The average Bonchev–Trinajstić information content (AvgIpc) is 2.88. The van der Waals surface area contributed by atoms with E-state index < -0.39 is 11.9 Å². The van der Waals surface area contributed by atoms with E-state index in [0.29, 0.717) is 5.56 Å². The van der Waals surface area contributed by atoms with Crippen molar-refractivity contribution in [2.45, 2.75) is 44.0 Å². The first-order chi connectivity index (χ1) is 10.3. The largest absolute Gasteiger partial charge is 0.573 e. The minimum Gasteiger partial charge on any atom is -0.406 e. The lowest BCUT2D eigenvalue weighted by Crippen LogP contribution is -2.49. The van der Waals surface area contributed by atoms with E-state index in [4.69, 9.17) is 0 Å². The first-order valence-electron chi connectivity index (χ1n) is 7.08. The van der Waals surface area contributed by atoms with Crippen molar-refractivity contribution < 1.29 is 27.8 Å². The Morgan fingerprint density at radius 1 is 1.23 bits per heavy atom. The molecule has 1 aliphatic rings. The second kappa shape index (κ2) is 6.56. The Balaban J connectivity index is 1.91. The van der Waals surface area contributed by atoms with Crippen LogP contribution < -0.4 is 10.1 Å². The molecule has 1 amide bonds. The fraction of sp³-hybridized carbons (Fsp3) is 0.533. The molecule has 0 radical (unpaired) electrons. The van der Waals surface area contributed by atoms with E-state index in [1.807, 2.05) is 0 Å². The van der Waals surface area contributed by atoms with E-state index in [9.17, 15) is 23.1 Å². The number of aliphatic hydroxyl groups excluding tert-OH is 1. The van der Waals surface area contributed by atoms with Gasteiger partial charge in [0.1, 0.15) is 5.75 Å². The van der Waals surface area contributed by atoms with Crippen molar-refractivity contribution >= 4 is 5.91 Å². The molecule has 0 atom stereocenters. The van der Waals surface area contributed by atoms with E-state index in [1.165, 1.54) is 24.3 Å². The fourth-order valence-electron chi connectivity index (χ4n) is 2.71. The summed E-state index contributed by atoms with van der Waals surface area (Å²) < 4.78 is 39.9. The minimum absolute atomic E-state index is 0.0497. The van der Waals surface area contributed by atoms with Gasteiger partial charge in [0.2, 0.25) is 5.91 Å². The smallest absolute Gasteiger partial charge is 0.406 e. The summed E-state index contributed by atoms with van der Waals surface area (Å²) in [5.41, 5.74) is 0.0364. The van der Waals surface area contributed by atoms with Crippen molar-refractivity contribution in [3.63, 3.8) is 0 Å². The van der Waals surface area contributed by atoms with Crippen LogP contribution in [0, 0.1) is 0 Å². The van der Waals surface area contributed by atoms with Gasteiger partial charge < -0.3 is 15.2 Å². The molecule has 2 rings (SSSR count). The van der Waals surface area contributed by atoms with Crippen molar-refractivity contribution in [2.75, 3.05) is 6.61 Å². The number of hydrogen-bond acceptors (Lipinski definition) is 3. The molecule has 0 aliphatic heterocycles. The minimum atomic E-state index is -4.73. The molecular formula is C15H18F3NO3. The Kier molecular flexibility index (Phi) is 4.95. The molecule has 1 aliphatic carbocycles. The monoisotopic (exact) mass is 317 g/mol. The predicted octanol–water partition coefficient (Wildman–Crippen LogP) is 2.55. The maximum absolute atomic E-state index is 12.1. The molecule has 0 saturated heterocycles. The number of halogens is 3. The lowest BCUT2D eigenvalue weighted by molar-refractivity contribution is -0.274. The average molecular weight is 317 g/mol. The quantitative estimate of drug-likeness (QED) is 0.877. The van der Waals surface area contributed by atoms with Crippen molar-refractivity contribution in [1.82, 2.24) is 5.32 Å². The van der Waals surface area contributed by atoms with Crippen LogP contribution in [0.25, 0.3) is 0 Å². The van der Waals surface area contributed by atoms with Gasteiger partial charge in [0.05, 0.1) is 18.6 Å². The van der Waals surface area contributed by atoms with Crippen molar-refractivity contribution in [2.24, 2.45) is 0 Å². The van der Waals surface area contributed by atoms with Crippen LogP contribution >= 0.6 is 0 Å². The van der Waals surface area contributed by atoms with Crippen LogP contribution in [0.4, 0.5) is 13.2 Å². The predicted molar refractivity (Wildman–Crippen MR) is 73.3 cm³/mol. The molecule has 0 heterocycles. The second-order valence-electron chi connectivity index (χ2n) is 5.56. The van der Waals surface area contributed by atoms with Crippen molar-refractivity contribution in [1.29, 1.82) is 0 Å². The van der Waals surface area contributed by atoms with Crippen LogP contribution in [-0.4, -0.2) is 29.5 Å².